The average molecular weight is 286 g/mol. The van der Waals surface area contributed by atoms with E-state index in [4.69, 9.17) is 13.9 Å². The molecule has 2 heterocycles. The van der Waals surface area contributed by atoms with Crippen molar-refractivity contribution in [2.24, 2.45) is 5.10 Å². The lowest BCUT2D eigenvalue weighted by Crippen LogP contribution is -2.42. The summed E-state index contributed by atoms with van der Waals surface area (Å²) in [6, 6.07) is 10.7. The van der Waals surface area contributed by atoms with E-state index in [9.17, 15) is 4.79 Å². The normalized spacial score (nSPS) is 17.4. The molecule has 1 aromatic heterocycles. The third-order valence-corrected chi connectivity index (χ3v) is 3.01. The number of hydrogen-bond acceptors (Lipinski definition) is 5. The summed E-state index contributed by atoms with van der Waals surface area (Å²) >= 11 is 0. The zero-order valence-electron chi connectivity index (χ0n) is 11.4. The van der Waals surface area contributed by atoms with Gasteiger partial charge in [-0.2, -0.15) is 5.10 Å². The van der Waals surface area contributed by atoms with Crippen LogP contribution in [0.1, 0.15) is 12.7 Å². The van der Waals surface area contributed by atoms with Gasteiger partial charge in [0.25, 0.3) is 5.91 Å². The molecular weight excluding hydrogens is 272 g/mol. The van der Waals surface area contributed by atoms with Crippen molar-refractivity contribution < 1.29 is 18.7 Å². The molecule has 6 heteroatoms. The quantitative estimate of drug-likeness (QED) is 0.691. The summed E-state index contributed by atoms with van der Waals surface area (Å²) in [4.78, 5) is 12.0. The molecule has 2 aromatic rings. The van der Waals surface area contributed by atoms with E-state index in [0.29, 0.717) is 23.0 Å². The summed E-state index contributed by atoms with van der Waals surface area (Å²) in [7, 11) is 0. The third kappa shape index (κ3) is 2.89. The molecule has 1 atom stereocenters. The Kier molecular flexibility index (Phi) is 3.59. The topological polar surface area (TPSA) is 73.1 Å². The maximum atomic E-state index is 12.0. The van der Waals surface area contributed by atoms with Gasteiger partial charge in [-0.3, -0.25) is 4.79 Å². The number of carbonyl (C=O) groups excluding carboxylic acids is 1. The molecule has 0 saturated carbocycles. The molecule has 21 heavy (non-hydrogen) atoms. The number of furan rings is 1. The summed E-state index contributed by atoms with van der Waals surface area (Å²) in [5.74, 6) is 1.42. The van der Waals surface area contributed by atoms with Crippen molar-refractivity contribution in [2.45, 2.75) is 13.0 Å². The first kappa shape index (κ1) is 13.2. The van der Waals surface area contributed by atoms with Crippen LogP contribution in [0.3, 0.4) is 0 Å². The molecule has 0 radical (unpaired) electrons. The number of nitrogens with one attached hydrogen (secondary N) is 1. The zero-order chi connectivity index (χ0) is 14.7. The first-order valence-electron chi connectivity index (χ1n) is 6.50. The number of benzene rings is 1. The first-order valence-corrected chi connectivity index (χ1v) is 6.50. The van der Waals surface area contributed by atoms with E-state index < -0.39 is 6.10 Å². The van der Waals surface area contributed by atoms with Gasteiger partial charge < -0.3 is 13.9 Å². The molecule has 1 aliphatic heterocycles. The van der Waals surface area contributed by atoms with Gasteiger partial charge in [0, 0.05) is 0 Å². The van der Waals surface area contributed by atoms with E-state index in [1.54, 1.807) is 37.5 Å². The number of amides is 1. The number of nitrogens with zero attached hydrogens (tertiary/aromatic N) is 1. The van der Waals surface area contributed by atoms with Gasteiger partial charge in [0.1, 0.15) is 18.1 Å². The number of carbonyl (C=O) groups is 1. The zero-order valence-corrected chi connectivity index (χ0v) is 11.4. The smallest absolute Gasteiger partial charge is 0.284 e. The van der Waals surface area contributed by atoms with E-state index >= 15 is 0 Å². The molecule has 1 N–H and O–H groups in total. The lowest BCUT2D eigenvalue weighted by atomic mass is 10.2. The predicted octanol–water partition coefficient (Wildman–Crippen LogP) is 1.96. The summed E-state index contributed by atoms with van der Waals surface area (Å²) in [6.45, 7) is 1.89. The van der Waals surface area contributed by atoms with Crippen LogP contribution in [0.15, 0.2) is 52.2 Å². The van der Waals surface area contributed by atoms with Gasteiger partial charge >= 0.3 is 0 Å². The van der Waals surface area contributed by atoms with Crippen LogP contribution in [0.4, 0.5) is 0 Å². The van der Waals surface area contributed by atoms with Crippen LogP contribution in [-0.2, 0) is 4.79 Å². The number of fused-ring (bicyclic) bond motifs is 1. The lowest BCUT2D eigenvalue weighted by molar-refractivity contribution is -0.130. The van der Waals surface area contributed by atoms with Crippen LogP contribution in [0.5, 0.6) is 11.5 Å². The largest absolute Gasteiger partial charge is 0.485 e. The predicted molar refractivity (Wildman–Crippen MR) is 75.4 cm³/mol. The van der Waals surface area contributed by atoms with E-state index in [0.717, 1.165) is 0 Å². The molecule has 6 nitrogen and oxygen atoms in total. The van der Waals surface area contributed by atoms with Crippen molar-refractivity contribution in [1.82, 2.24) is 5.43 Å². The Bertz CT molecular complexity index is 664. The fourth-order valence-electron chi connectivity index (χ4n) is 1.90. The van der Waals surface area contributed by atoms with Crippen LogP contribution >= 0.6 is 0 Å². The molecule has 108 valence electrons. The second-order valence-corrected chi connectivity index (χ2v) is 4.51. The van der Waals surface area contributed by atoms with Crippen LogP contribution in [-0.4, -0.2) is 24.3 Å². The number of hydrazone groups is 1. The highest BCUT2D eigenvalue weighted by Crippen LogP contribution is 2.30. The fraction of sp³-hybridized carbons (Fsp3) is 0.200. The molecule has 1 aliphatic rings. The molecule has 0 unspecified atom stereocenters. The Labute approximate surface area is 121 Å². The van der Waals surface area contributed by atoms with Crippen molar-refractivity contribution in [3.8, 4) is 11.5 Å². The van der Waals surface area contributed by atoms with Crippen LogP contribution in [0.2, 0.25) is 0 Å². The Morgan fingerprint density at radius 1 is 1.24 bits per heavy atom. The van der Waals surface area contributed by atoms with Gasteiger partial charge in [0.05, 0.1) is 6.26 Å². The van der Waals surface area contributed by atoms with E-state index in [1.165, 1.54) is 0 Å². The Morgan fingerprint density at radius 3 is 2.81 bits per heavy atom. The molecule has 0 aliphatic carbocycles. The molecular formula is C15H14N2O4. The Hall–Kier alpha value is -2.76. The van der Waals surface area contributed by atoms with Crippen molar-refractivity contribution in [2.75, 3.05) is 6.61 Å². The average Bonchev–Trinajstić information content (AvgIpc) is 3.06. The highest BCUT2D eigenvalue weighted by molar-refractivity contribution is 5.97. The van der Waals surface area contributed by atoms with Gasteiger partial charge in [-0.1, -0.05) is 12.1 Å². The second-order valence-electron chi connectivity index (χ2n) is 4.51. The molecule has 3 rings (SSSR count). The highest BCUT2D eigenvalue weighted by Gasteiger charge is 2.27. The number of para-hydroxylation sites is 2. The number of hydrogen-bond donors (Lipinski definition) is 1. The molecule has 1 amide bonds. The van der Waals surface area contributed by atoms with Gasteiger partial charge in [-0.05, 0) is 31.2 Å². The van der Waals surface area contributed by atoms with E-state index in [1.807, 2.05) is 12.1 Å². The number of rotatable bonds is 3. The van der Waals surface area contributed by atoms with Crippen LogP contribution in [0, 0.1) is 0 Å². The lowest BCUT2D eigenvalue weighted by Gasteiger charge is -2.24. The molecule has 0 saturated heterocycles. The minimum absolute atomic E-state index is 0.151. The van der Waals surface area contributed by atoms with Gasteiger partial charge in [0.15, 0.2) is 11.5 Å². The minimum Gasteiger partial charge on any atom is -0.485 e. The van der Waals surface area contributed by atoms with E-state index in [2.05, 4.69) is 10.5 Å². The maximum Gasteiger partial charge on any atom is 0.284 e. The van der Waals surface area contributed by atoms with Gasteiger partial charge in [0.2, 0.25) is 6.10 Å². The molecule has 0 bridgehead atoms. The Morgan fingerprint density at radius 2 is 2.05 bits per heavy atom. The fourth-order valence-corrected chi connectivity index (χ4v) is 1.90. The monoisotopic (exact) mass is 286 g/mol. The highest BCUT2D eigenvalue weighted by atomic mass is 16.6. The van der Waals surface area contributed by atoms with Gasteiger partial charge in [-0.15, -0.1) is 0 Å². The van der Waals surface area contributed by atoms with Gasteiger partial charge in [-0.25, -0.2) is 5.43 Å². The summed E-state index contributed by atoms with van der Waals surface area (Å²) in [6.07, 6.45) is 0.818. The van der Waals surface area contributed by atoms with Crippen LogP contribution < -0.4 is 14.9 Å². The van der Waals surface area contributed by atoms with Crippen molar-refractivity contribution in [3.05, 3.63) is 48.4 Å². The number of ether oxygens (including phenoxy) is 2. The standard InChI is InChI=1S/C15H14N2O4/c1-10(11-7-4-8-19-11)16-17-15(18)14-9-20-12-5-2-3-6-13(12)21-14/h2-8,14H,9H2,1H3,(H,17,18)/t14-/m1/s1. The summed E-state index contributed by atoms with van der Waals surface area (Å²) < 4.78 is 16.3. The summed E-state index contributed by atoms with van der Waals surface area (Å²) in [5.41, 5.74) is 3.03. The van der Waals surface area contributed by atoms with Crippen molar-refractivity contribution >= 4 is 11.6 Å². The first-order chi connectivity index (χ1) is 10.2. The maximum absolute atomic E-state index is 12.0. The Balaban J connectivity index is 1.63. The summed E-state index contributed by atoms with van der Waals surface area (Å²) in [5, 5.41) is 3.99. The molecule has 0 spiro atoms. The third-order valence-electron chi connectivity index (χ3n) is 3.01. The van der Waals surface area contributed by atoms with E-state index in [-0.39, 0.29) is 12.5 Å². The van der Waals surface area contributed by atoms with Crippen molar-refractivity contribution in [3.63, 3.8) is 0 Å². The van der Waals surface area contributed by atoms with Crippen LogP contribution in [0.25, 0.3) is 0 Å². The van der Waals surface area contributed by atoms with Crippen molar-refractivity contribution in [1.29, 1.82) is 0 Å². The SMILES string of the molecule is CC(=NNC(=O)[C@H]1COc2ccccc2O1)c1ccco1. The minimum atomic E-state index is -0.729. The molecule has 0 fully saturated rings. The molecule has 1 aromatic carbocycles. The second kappa shape index (κ2) is 5.70.